The normalized spacial score (nSPS) is 45.6. The van der Waals surface area contributed by atoms with Crippen molar-refractivity contribution in [2.75, 3.05) is 19.6 Å². The molecule has 35 heavy (non-hydrogen) atoms. The van der Waals surface area contributed by atoms with E-state index in [9.17, 15) is 14.7 Å². The topological polar surface area (TPSA) is 66.8 Å². The summed E-state index contributed by atoms with van der Waals surface area (Å²) in [4.78, 5) is 27.7. The SMILES string of the molecule is CC(=O)[C@@]1(O)[C@H](C)CC2[C@@H]3CC=C4CC(OC(=O)CCN5CCCCC5)CC[C@]4(C)C3CC[C@@]21C. The lowest BCUT2D eigenvalue weighted by atomic mass is 9.46. The van der Waals surface area contributed by atoms with Gasteiger partial charge in [0.15, 0.2) is 5.78 Å². The van der Waals surface area contributed by atoms with Crippen LogP contribution in [-0.4, -0.2) is 53.1 Å². The summed E-state index contributed by atoms with van der Waals surface area (Å²) in [7, 11) is 0. The number of ether oxygens (including phenoxy) is 1. The highest BCUT2D eigenvalue weighted by molar-refractivity contribution is 5.86. The Morgan fingerprint density at radius 1 is 1.11 bits per heavy atom. The summed E-state index contributed by atoms with van der Waals surface area (Å²) in [5.74, 6) is 1.46. The van der Waals surface area contributed by atoms with Crippen LogP contribution in [0.3, 0.4) is 0 Å². The van der Waals surface area contributed by atoms with E-state index in [4.69, 9.17) is 4.74 Å². The van der Waals surface area contributed by atoms with E-state index in [-0.39, 0.29) is 34.6 Å². The summed E-state index contributed by atoms with van der Waals surface area (Å²) in [6.07, 6.45) is 13.7. The molecule has 0 spiro atoms. The average molecular weight is 486 g/mol. The molecule has 0 aromatic carbocycles. The maximum Gasteiger partial charge on any atom is 0.307 e. The van der Waals surface area contributed by atoms with Crippen molar-refractivity contribution in [2.24, 2.45) is 34.5 Å². The molecule has 0 amide bonds. The van der Waals surface area contributed by atoms with Gasteiger partial charge >= 0.3 is 5.97 Å². The number of aliphatic hydroxyl groups is 1. The van der Waals surface area contributed by atoms with Crippen molar-refractivity contribution >= 4 is 11.8 Å². The van der Waals surface area contributed by atoms with Crippen molar-refractivity contribution in [3.05, 3.63) is 11.6 Å². The zero-order valence-corrected chi connectivity index (χ0v) is 22.5. The highest BCUT2D eigenvalue weighted by atomic mass is 16.5. The fraction of sp³-hybridized carbons (Fsp3) is 0.867. The smallest absolute Gasteiger partial charge is 0.307 e. The molecule has 4 aliphatic carbocycles. The van der Waals surface area contributed by atoms with E-state index < -0.39 is 5.60 Å². The summed E-state index contributed by atoms with van der Waals surface area (Å²) in [6.45, 7) is 11.4. The first-order valence-corrected chi connectivity index (χ1v) is 14.4. The minimum atomic E-state index is -1.19. The second-order valence-corrected chi connectivity index (χ2v) is 13.2. The minimum absolute atomic E-state index is 0.0166. The van der Waals surface area contributed by atoms with Gasteiger partial charge in [-0.15, -0.1) is 0 Å². The van der Waals surface area contributed by atoms with Gasteiger partial charge in [-0.3, -0.25) is 9.59 Å². The zero-order chi connectivity index (χ0) is 25.0. The van der Waals surface area contributed by atoms with E-state index in [1.54, 1.807) is 6.92 Å². The molecule has 3 saturated carbocycles. The van der Waals surface area contributed by atoms with Gasteiger partial charge in [-0.1, -0.05) is 38.8 Å². The van der Waals surface area contributed by atoms with Crippen LogP contribution < -0.4 is 0 Å². The fourth-order valence-electron chi connectivity index (χ4n) is 9.50. The maximum atomic E-state index is 12.6. The van der Waals surface area contributed by atoms with Gasteiger partial charge in [-0.05, 0) is 100 Å². The Bertz CT molecular complexity index is 878. The molecule has 0 radical (unpaired) electrons. The molecule has 5 heteroatoms. The van der Waals surface area contributed by atoms with E-state index in [2.05, 4.69) is 31.7 Å². The Morgan fingerprint density at radius 3 is 2.57 bits per heavy atom. The van der Waals surface area contributed by atoms with Crippen molar-refractivity contribution in [1.29, 1.82) is 0 Å². The third-order valence-electron chi connectivity index (χ3n) is 11.6. The van der Waals surface area contributed by atoms with Crippen molar-refractivity contribution in [3.8, 4) is 0 Å². The monoisotopic (exact) mass is 485 g/mol. The molecule has 1 heterocycles. The number of carbonyl (C=O) groups is 2. The summed E-state index contributed by atoms with van der Waals surface area (Å²) >= 11 is 0. The highest BCUT2D eigenvalue weighted by Gasteiger charge is 2.67. The van der Waals surface area contributed by atoms with E-state index in [1.807, 2.05) is 0 Å². The Morgan fingerprint density at radius 2 is 1.86 bits per heavy atom. The van der Waals surface area contributed by atoms with E-state index >= 15 is 0 Å². The molecule has 1 N–H and O–H groups in total. The molecule has 0 bridgehead atoms. The predicted molar refractivity (Wildman–Crippen MR) is 137 cm³/mol. The number of hydrogen-bond acceptors (Lipinski definition) is 5. The molecule has 196 valence electrons. The standard InChI is InChI=1S/C30H47NO4/c1-20-18-26-24-9-8-22-19-23(35-27(33)12-17-31-15-6-5-7-16-31)10-13-28(22,3)25(24)11-14-29(26,4)30(20,34)21(2)32/h8,20,23-26,34H,5-7,9-19H2,1-4H3/t20-,23?,24-,25?,26?,28+,29+,30+/m1/s1. The van der Waals surface area contributed by atoms with Crippen LogP contribution in [0.5, 0.6) is 0 Å². The van der Waals surface area contributed by atoms with Gasteiger partial charge in [0.25, 0.3) is 0 Å². The summed E-state index contributed by atoms with van der Waals surface area (Å²) in [6, 6.07) is 0. The molecule has 3 unspecified atom stereocenters. The summed E-state index contributed by atoms with van der Waals surface area (Å²) < 4.78 is 5.99. The molecule has 0 aromatic heterocycles. The number of ketones is 1. The van der Waals surface area contributed by atoms with E-state index in [1.165, 1.54) is 24.8 Å². The van der Waals surface area contributed by atoms with Crippen LogP contribution in [-0.2, 0) is 14.3 Å². The van der Waals surface area contributed by atoms with Crippen LogP contribution in [0.25, 0.3) is 0 Å². The fourth-order valence-corrected chi connectivity index (χ4v) is 9.50. The number of allylic oxidation sites excluding steroid dienone is 1. The molecule has 8 atom stereocenters. The van der Waals surface area contributed by atoms with Gasteiger partial charge in [-0.2, -0.15) is 0 Å². The van der Waals surface area contributed by atoms with Gasteiger partial charge in [0.05, 0.1) is 6.42 Å². The number of rotatable bonds is 5. The average Bonchev–Trinajstić information content (AvgIpc) is 3.05. The van der Waals surface area contributed by atoms with Crippen molar-refractivity contribution in [3.63, 3.8) is 0 Å². The van der Waals surface area contributed by atoms with Gasteiger partial charge < -0.3 is 14.7 Å². The van der Waals surface area contributed by atoms with Gasteiger partial charge in [0.2, 0.25) is 0 Å². The quantitative estimate of drug-likeness (QED) is 0.423. The molecular weight excluding hydrogens is 438 g/mol. The molecule has 0 aromatic rings. The number of hydrogen-bond donors (Lipinski definition) is 1. The first kappa shape index (κ1) is 25.4. The number of piperidine rings is 1. The van der Waals surface area contributed by atoms with E-state index in [0.717, 1.165) is 64.6 Å². The van der Waals surface area contributed by atoms with Crippen molar-refractivity contribution < 1.29 is 19.4 Å². The van der Waals surface area contributed by atoms with Gasteiger partial charge in [0, 0.05) is 18.4 Å². The van der Waals surface area contributed by atoms with Crippen LogP contribution in [0.1, 0.15) is 98.3 Å². The molecule has 4 fully saturated rings. The Balaban J connectivity index is 1.24. The number of nitrogens with zero attached hydrogens (tertiary/aromatic N) is 1. The second-order valence-electron chi connectivity index (χ2n) is 13.2. The first-order valence-electron chi connectivity index (χ1n) is 14.4. The second kappa shape index (κ2) is 9.28. The lowest BCUT2D eigenvalue weighted by molar-refractivity contribution is -0.166. The minimum Gasteiger partial charge on any atom is -0.462 e. The Labute approximate surface area is 212 Å². The number of Topliss-reactive ketones (excluding diaryl/α,β-unsaturated/α-hetero) is 1. The largest absolute Gasteiger partial charge is 0.462 e. The molecule has 5 nitrogen and oxygen atoms in total. The van der Waals surface area contributed by atoms with Crippen LogP contribution >= 0.6 is 0 Å². The number of carbonyl (C=O) groups excluding carboxylic acids is 2. The third-order valence-corrected chi connectivity index (χ3v) is 11.6. The zero-order valence-electron chi connectivity index (χ0n) is 22.5. The number of fused-ring (bicyclic) bond motifs is 5. The van der Waals surface area contributed by atoms with Crippen molar-refractivity contribution in [1.82, 2.24) is 4.90 Å². The Kier molecular flexibility index (Phi) is 6.74. The van der Waals surface area contributed by atoms with Crippen LogP contribution in [0.4, 0.5) is 0 Å². The predicted octanol–water partition coefficient (Wildman–Crippen LogP) is 5.30. The summed E-state index contributed by atoms with van der Waals surface area (Å²) in [5.41, 5.74) is 0.145. The Hall–Kier alpha value is -1.20. The number of likely N-dealkylation sites (tertiary alicyclic amines) is 1. The van der Waals surface area contributed by atoms with Crippen LogP contribution in [0, 0.1) is 34.5 Å². The molecule has 1 aliphatic heterocycles. The molecule has 5 aliphatic rings. The number of esters is 1. The lowest BCUT2D eigenvalue weighted by Gasteiger charge is -2.58. The summed E-state index contributed by atoms with van der Waals surface area (Å²) in [5, 5.41) is 11.6. The van der Waals surface area contributed by atoms with Crippen molar-refractivity contribution in [2.45, 2.75) is 110 Å². The molecular formula is C30H47NO4. The highest BCUT2D eigenvalue weighted by Crippen LogP contribution is 2.68. The van der Waals surface area contributed by atoms with Crippen LogP contribution in [0.15, 0.2) is 11.6 Å². The third kappa shape index (κ3) is 4.04. The maximum absolute atomic E-state index is 12.6. The molecule has 5 rings (SSSR count). The molecule has 1 saturated heterocycles. The van der Waals surface area contributed by atoms with Gasteiger partial charge in [0.1, 0.15) is 11.7 Å². The first-order chi connectivity index (χ1) is 16.6. The van der Waals surface area contributed by atoms with Gasteiger partial charge in [-0.25, -0.2) is 0 Å². The van der Waals surface area contributed by atoms with E-state index in [0.29, 0.717) is 24.2 Å². The lowest BCUT2D eigenvalue weighted by Crippen LogP contribution is -2.58. The van der Waals surface area contributed by atoms with Crippen LogP contribution in [0.2, 0.25) is 0 Å².